The summed E-state index contributed by atoms with van der Waals surface area (Å²) in [4.78, 5) is 19.7. The van der Waals surface area contributed by atoms with Crippen LogP contribution in [0, 0.1) is 5.82 Å². The van der Waals surface area contributed by atoms with Gasteiger partial charge in [0, 0.05) is 50.6 Å². The number of aliphatic hydroxyl groups excluding tert-OH is 2. The van der Waals surface area contributed by atoms with Crippen molar-refractivity contribution in [2.45, 2.75) is 37.9 Å². The molecule has 7 nitrogen and oxygen atoms in total. The van der Waals surface area contributed by atoms with Crippen molar-refractivity contribution in [3.8, 4) is 0 Å². The predicted molar refractivity (Wildman–Crippen MR) is 110 cm³/mol. The molecule has 0 unspecified atom stereocenters. The van der Waals surface area contributed by atoms with Crippen LogP contribution in [0.15, 0.2) is 48.9 Å². The van der Waals surface area contributed by atoms with Crippen molar-refractivity contribution in [3.63, 3.8) is 0 Å². The lowest BCUT2D eigenvalue weighted by Gasteiger charge is -2.19. The Morgan fingerprint density at radius 2 is 1.80 bits per heavy atom. The van der Waals surface area contributed by atoms with E-state index >= 15 is 0 Å². The van der Waals surface area contributed by atoms with Gasteiger partial charge in [-0.3, -0.25) is 9.97 Å². The van der Waals surface area contributed by atoms with Crippen molar-refractivity contribution >= 4 is 5.82 Å². The SMILES string of the molecule is C[C@H](Cc1nc(Cc2cnccn2)cc(N2C[C@H](O)[C@@H](O)C2)n1)c1ccc(F)cc1. The van der Waals surface area contributed by atoms with Gasteiger partial charge in [-0.25, -0.2) is 14.4 Å². The average molecular weight is 409 g/mol. The first-order valence-corrected chi connectivity index (χ1v) is 9.96. The first-order valence-electron chi connectivity index (χ1n) is 9.96. The molecule has 30 heavy (non-hydrogen) atoms. The Balaban J connectivity index is 1.61. The zero-order valence-electron chi connectivity index (χ0n) is 16.7. The van der Waals surface area contributed by atoms with E-state index in [1.807, 2.05) is 11.0 Å². The summed E-state index contributed by atoms with van der Waals surface area (Å²) in [7, 11) is 0. The largest absolute Gasteiger partial charge is 0.389 e. The van der Waals surface area contributed by atoms with E-state index in [9.17, 15) is 14.6 Å². The van der Waals surface area contributed by atoms with Crippen molar-refractivity contribution in [1.29, 1.82) is 0 Å². The topological polar surface area (TPSA) is 95.3 Å². The minimum absolute atomic E-state index is 0.0972. The van der Waals surface area contributed by atoms with Crippen LogP contribution in [0.2, 0.25) is 0 Å². The molecule has 0 aliphatic carbocycles. The molecule has 3 aromatic rings. The summed E-state index contributed by atoms with van der Waals surface area (Å²) in [6, 6.07) is 8.33. The predicted octanol–water partition coefficient (Wildman–Crippen LogP) is 1.88. The molecular formula is C22H24FN5O2. The smallest absolute Gasteiger partial charge is 0.132 e. The molecule has 1 saturated heterocycles. The fourth-order valence-corrected chi connectivity index (χ4v) is 3.63. The maximum atomic E-state index is 13.2. The van der Waals surface area contributed by atoms with Crippen LogP contribution in [0.1, 0.15) is 35.6 Å². The van der Waals surface area contributed by atoms with E-state index in [2.05, 4.69) is 16.9 Å². The van der Waals surface area contributed by atoms with E-state index in [0.717, 1.165) is 17.0 Å². The van der Waals surface area contributed by atoms with E-state index < -0.39 is 12.2 Å². The van der Waals surface area contributed by atoms with Crippen molar-refractivity contribution < 1.29 is 14.6 Å². The highest BCUT2D eigenvalue weighted by Gasteiger charge is 2.31. The monoisotopic (exact) mass is 409 g/mol. The zero-order chi connectivity index (χ0) is 21.1. The van der Waals surface area contributed by atoms with Gasteiger partial charge < -0.3 is 15.1 Å². The third kappa shape index (κ3) is 4.77. The van der Waals surface area contributed by atoms with Crippen molar-refractivity contribution in [1.82, 2.24) is 19.9 Å². The van der Waals surface area contributed by atoms with E-state index in [1.54, 1.807) is 30.7 Å². The van der Waals surface area contributed by atoms with Crippen LogP contribution in [0.3, 0.4) is 0 Å². The lowest BCUT2D eigenvalue weighted by molar-refractivity contribution is 0.0572. The first kappa shape index (κ1) is 20.3. The summed E-state index contributed by atoms with van der Waals surface area (Å²) in [5.74, 6) is 1.15. The molecule has 1 aliphatic heterocycles. The van der Waals surface area contributed by atoms with E-state index in [-0.39, 0.29) is 11.7 Å². The van der Waals surface area contributed by atoms with Crippen LogP contribution in [0.4, 0.5) is 10.2 Å². The van der Waals surface area contributed by atoms with Gasteiger partial charge in [-0.05, 0) is 23.6 Å². The lowest BCUT2D eigenvalue weighted by atomic mass is 9.97. The van der Waals surface area contributed by atoms with Crippen LogP contribution in [0.5, 0.6) is 0 Å². The number of hydrogen-bond donors (Lipinski definition) is 2. The molecule has 0 bridgehead atoms. The third-order valence-corrected chi connectivity index (χ3v) is 5.30. The Labute approximate surface area is 174 Å². The molecule has 0 saturated carbocycles. The van der Waals surface area contributed by atoms with E-state index in [0.29, 0.717) is 37.6 Å². The fourth-order valence-electron chi connectivity index (χ4n) is 3.63. The zero-order valence-corrected chi connectivity index (χ0v) is 16.7. The third-order valence-electron chi connectivity index (χ3n) is 5.30. The fraction of sp³-hybridized carbons (Fsp3) is 0.364. The van der Waals surface area contributed by atoms with Gasteiger partial charge in [0.2, 0.25) is 0 Å². The lowest BCUT2D eigenvalue weighted by Crippen LogP contribution is -2.23. The van der Waals surface area contributed by atoms with Crippen LogP contribution < -0.4 is 4.90 Å². The van der Waals surface area contributed by atoms with Gasteiger partial charge in [0.05, 0.1) is 23.6 Å². The Bertz CT molecular complexity index is 977. The van der Waals surface area contributed by atoms with Crippen molar-refractivity contribution in [2.75, 3.05) is 18.0 Å². The molecule has 1 fully saturated rings. The van der Waals surface area contributed by atoms with Gasteiger partial charge in [0.15, 0.2) is 0 Å². The van der Waals surface area contributed by atoms with Crippen LogP contribution in [-0.4, -0.2) is 55.4 Å². The highest BCUT2D eigenvalue weighted by Crippen LogP contribution is 2.24. The number of aliphatic hydroxyl groups is 2. The molecular weight excluding hydrogens is 385 g/mol. The standard InChI is InChI=1S/C22H24FN5O2/c1-14(15-2-4-16(23)5-3-15)8-21-26-17(9-18-11-24-6-7-25-18)10-22(27-21)28-12-19(29)20(30)13-28/h2-7,10-11,14,19-20,29-30H,8-9,12-13H2,1H3/t14-,19+,20+/m1/s1. The second kappa shape index (κ2) is 8.81. The van der Waals surface area contributed by atoms with Gasteiger partial charge in [-0.15, -0.1) is 0 Å². The summed E-state index contributed by atoms with van der Waals surface area (Å²) < 4.78 is 13.2. The number of anilines is 1. The van der Waals surface area contributed by atoms with E-state index in [1.165, 1.54) is 12.1 Å². The maximum absolute atomic E-state index is 13.2. The quantitative estimate of drug-likeness (QED) is 0.642. The Kier molecular flexibility index (Phi) is 5.96. The highest BCUT2D eigenvalue weighted by atomic mass is 19.1. The summed E-state index contributed by atoms with van der Waals surface area (Å²) in [5.41, 5.74) is 2.59. The molecule has 0 amide bonds. The second-order valence-electron chi connectivity index (χ2n) is 7.70. The minimum Gasteiger partial charge on any atom is -0.389 e. The molecule has 2 N–H and O–H groups in total. The molecule has 3 atom stereocenters. The van der Waals surface area contributed by atoms with E-state index in [4.69, 9.17) is 9.97 Å². The van der Waals surface area contributed by atoms with Crippen LogP contribution >= 0.6 is 0 Å². The summed E-state index contributed by atoms with van der Waals surface area (Å²) in [6.07, 6.45) is 4.44. The molecule has 8 heteroatoms. The molecule has 1 aromatic carbocycles. The first-order chi connectivity index (χ1) is 14.5. The molecule has 4 rings (SSSR count). The molecule has 2 aromatic heterocycles. The number of β-amino-alcohol motifs (C(OH)–C–C–N with tert-alkyl or cyclic N) is 2. The van der Waals surface area contributed by atoms with Crippen LogP contribution in [-0.2, 0) is 12.8 Å². The average Bonchev–Trinajstić information content (AvgIpc) is 3.07. The number of hydrogen-bond acceptors (Lipinski definition) is 7. The Morgan fingerprint density at radius 3 is 2.47 bits per heavy atom. The molecule has 0 spiro atoms. The normalized spacial score (nSPS) is 19.8. The van der Waals surface area contributed by atoms with Crippen LogP contribution in [0.25, 0.3) is 0 Å². The number of nitrogens with zero attached hydrogens (tertiary/aromatic N) is 5. The highest BCUT2D eigenvalue weighted by molar-refractivity contribution is 5.43. The van der Waals surface area contributed by atoms with Gasteiger partial charge in [-0.2, -0.15) is 0 Å². The van der Waals surface area contributed by atoms with Gasteiger partial charge in [0.25, 0.3) is 0 Å². The minimum atomic E-state index is -0.801. The number of halogens is 1. The molecule has 1 aliphatic rings. The maximum Gasteiger partial charge on any atom is 0.132 e. The van der Waals surface area contributed by atoms with Crippen molar-refractivity contribution in [2.24, 2.45) is 0 Å². The number of benzene rings is 1. The summed E-state index contributed by atoms with van der Waals surface area (Å²) in [5, 5.41) is 19.9. The van der Waals surface area contributed by atoms with Gasteiger partial charge in [-0.1, -0.05) is 19.1 Å². The molecule has 156 valence electrons. The Morgan fingerprint density at radius 1 is 1.07 bits per heavy atom. The molecule has 3 heterocycles. The number of aromatic nitrogens is 4. The number of rotatable bonds is 6. The molecule has 0 radical (unpaired) electrons. The van der Waals surface area contributed by atoms with Gasteiger partial charge >= 0.3 is 0 Å². The summed E-state index contributed by atoms with van der Waals surface area (Å²) >= 11 is 0. The summed E-state index contributed by atoms with van der Waals surface area (Å²) in [6.45, 7) is 2.68. The van der Waals surface area contributed by atoms with Gasteiger partial charge in [0.1, 0.15) is 17.5 Å². The second-order valence-corrected chi connectivity index (χ2v) is 7.70. The Hall–Kier alpha value is -2.97. The van der Waals surface area contributed by atoms with Crippen molar-refractivity contribution in [3.05, 3.63) is 77.5 Å².